The number of anilines is 1. The van der Waals surface area contributed by atoms with Gasteiger partial charge in [0.1, 0.15) is 23.9 Å². The SMILES string of the molecule is CCC(CC)n1nc(COc2ccccc2CC(=O)O)c2cc(-c3ccc4ccnc(N)c4c3)ccc21. The van der Waals surface area contributed by atoms with Gasteiger partial charge in [-0.05, 0) is 59.7 Å². The predicted octanol–water partition coefficient (Wildman–Crippen LogP) is 6.40. The van der Waals surface area contributed by atoms with Crippen molar-refractivity contribution in [3.05, 3.63) is 84.2 Å². The van der Waals surface area contributed by atoms with Crippen LogP contribution in [0.4, 0.5) is 5.82 Å². The number of carboxylic acid groups (broad SMARTS) is 1. The highest BCUT2D eigenvalue weighted by atomic mass is 16.5. The topological polar surface area (TPSA) is 103 Å². The number of nitrogens with zero attached hydrogens (tertiary/aromatic N) is 3. The summed E-state index contributed by atoms with van der Waals surface area (Å²) in [4.78, 5) is 15.5. The summed E-state index contributed by atoms with van der Waals surface area (Å²) >= 11 is 0. The number of carbonyl (C=O) groups is 1. The summed E-state index contributed by atoms with van der Waals surface area (Å²) in [6.07, 6.45) is 3.56. The van der Waals surface area contributed by atoms with E-state index in [-0.39, 0.29) is 19.1 Å². The van der Waals surface area contributed by atoms with E-state index in [9.17, 15) is 9.90 Å². The number of benzene rings is 3. The van der Waals surface area contributed by atoms with E-state index >= 15 is 0 Å². The summed E-state index contributed by atoms with van der Waals surface area (Å²) in [5.74, 6) is 0.176. The number of aromatic nitrogens is 3. The van der Waals surface area contributed by atoms with Crippen LogP contribution in [0.3, 0.4) is 0 Å². The molecule has 5 rings (SSSR count). The molecule has 0 aliphatic heterocycles. The number of hydrogen-bond acceptors (Lipinski definition) is 5. The first-order chi connectivity index (χ1) is 18.0. The summed E-state index contributed by atoms with van der Waals surface area (Å²) in [6, 6.07) is 22.1. The molecule has 2 aromatic heterocycles. The van der Waals surface area contributed by atoms with Gasteiger partial charge in [0.05, 0.1) is 18.0 Å². The number of ether oxygens (including phenoxy) is 1. The van der Waals surface area contributed by atoms with E-state index in [1.165, 1.54) is 0 Å². The Labute approximate surface area is 215 Å². The average Bonchev–Trinajstić information content (AvgIpc) is 3.26. The summed E-state index contributed by atoms with van der Waals surface area (Å²) in [7, 11) is 0. The number of hydrogen-bond donors (Lipinski definition) is 2. The Morgan fingerprint density at radius 3 is 2.49 bits per heavy atom. The Hall–Kier alpha value is -4.39. The van der Waals surface area contributed by atoms with Crippen LogP contribution in [0.25, 0.3) is 32.8 Å². The van der Waals surface area contributed by atoms with Gasteiger partial charge in [0, 0.05) is 22.5 Å². The quantitative estimate of drug-likeness (QED) is 0.246. The van der Waals surface area contributed by atoms with Gasteiger partial charge in [-0.2, -0.15) is 5.10 Å². The molecule has 0 unspecified atom stereocenters. The second-order valence-electron chi connectivity index (χ2n) is 9.19. The van der Waals surface area contributed by atoms with Crippen molar-refractivity contribution < 1.29 is 14.6 Å². The van der Waals surface area contributed by atoms with Gasteiger partial charge < -0.3 is 15.6 Å². The Morgan fingerprint density at radius 1 is 1.00 bits per heavy atom. The van der Waals surface area contributed by atoms with E-state index in [1.807, 2.05) is 18.2 Å². The standard InChI is InChI=1S/C30H30N4O3/c1-3-23(4-2)34-27-12-11-21(20-10-9-19-13-14-32-30(31)24(19)15-20)16-25(27)26(33-34)18-37-28-8-6-5-7-22(28)17-29(35)36/h5-16,23H,3-4,17-18H2,1-2H3,(H2,31,32)(H,35,36). The molecule has 0 atom stereocenters. The fraction of sp³-hybridized carbons (Fsp3) is 0.233. The lowest BCUT2D eigenvalue weighted by Crippen LogP contribution is -2.09. The lowest BCUT2D eigenvalue weighted by atomic mass is 10.00. The largest absolute Gasteiger partial charge is 0.487 e. The molecular weight excluding hydrogens is 464 g/mol. The Kier molecular flexibility index (Phi) is 6.77. The van der Waals surface area contributed by atoms with Gasteiger partial charge in [-0.25, -0.2) is 4.98 Å². The zero-order chi connectivity index (χ0) is 25.9. The number of nitrogens with two attached hydrogens (primary N) is 1. The van der Waals surface area contributed by atoms with E-state index in [1.54, 1.807) is 18.3 Å². The summed E-state index contributed by atoms with van der Waals surface area (Å²) < 4.78 is 8.25. The monoisotopic (exact) mass is 494 g/mol. The lowest BCUT2D eigenvalue weighted by molar-refractivity contribution is -0.136. The number of fused-ring (bicyclic) bond motifs is 2. The second kappa shape index (κ2) is 10.3. The number of pyridine rings is 1. The number of carboxylic acids is 1. The Bertz CT molecular complexity index is 1590. The van der Waals surface area contributed by atoms with Gasteiger partial charge in [-0.1, -0.05) is 50.2 Å². The highest BCUT2D eigenvalue weighted by molar-refractivity contribution is 5.95. The molecule has 0 fully saturated rings. The summed E-state index contributed by atoms with van der Waals surface area (Å²) in [6.45, 7) is 4.57. The maximum absolute atomic E-state index is 11.3. The van der Waals surface area contributed by atoms with Crippen molar-refractivity contribution >= 4 is 33.5 Å². The molecule has 188 valence electrons. The normalized spacial score (nSPS) is 11.4. The molecule has 3 aromatic carbocycles. The Morgan fingerprint density at radius 2 is 1.73 bits per heavy atom. The molecule has 7 heteroatoms. The maximum Gasteiger partial charge on any atom is 0.307 e. The van der Waals surface area contributed by atoms with E-state index in [4.69, 9.17) is 15.6 Å². The van der Waals surface area contributed by atoms with Crippen molar-refractivity contribution in [2.24, 2.45) is 0 Å². The van der Waals surface area contributed by atoms with Gasteiger partial charge in [-0.3, -0.25) is 9.48 Å². The first-order valence-corrected chi connectivity index (χ1v) is 12.6. The molecule has 0 aliphatic carbocycles. The van der Waals surface area contributed by atoms with Crippen molar-refractivity contribution in [3.63, 3.8) is 0 Å². The molecule has 0 aliphatic rings. The molecule has 7 nitrogen and oxygen atoms in total. The predicted molar refractivity (Wildman–Crippen MR) is 147 cm³/mol. The van der Waals surface area contributed by atoms with Crippen LogP contribution in [0, 0.1) is 0 Å². The zero-order valence-corrected chi connectivity index (χ0v) is 21.0. The van der Waals surface area contributed by atoms with Crippen LogP contribution in [0.15, 0.2) is 72.9 Å². The maximum atomic E-state index is 11.3. The van der Waals surface area contributed by atoms with Gasteiger partial charge >= 0.3 is 5.97 Å². The minimum atomic E-state index is -0.893. The highest BCUT2D eigenvalue weighted by Crippen LogP contribution is 2.33. The van der Waals surface area contributed by atoms with Crippen molar-refractivity contribution in [2.45, 2.75) is 45.8 Å². The first-order valence-electron chi connectivity index (χ1n) is 12.6. The minimum absolute atomic E-state index is 0.0940. The molecule has 5 aromatic rings. The molecule has 37 heavy (non-hydrogen) atoms. The zero-order valence-electron chi connectivity index (χ0n) is 21.0. The molecule has 0 saturated heterocycles. The first kappa shape index (κ1) is 24.3. The van der Waals surface area contributed by atoms with E-state index in [2.05, 4.69) is 59.9 Å². The molecule has 3 N–H and O–H groups in total. The van der Waals surface area contributed by atoms with Crippen LogP contribution in [0.5, 0.6) is 5.75 Å². The van der Waals surface area contributed by atoms with Crippen LogP contribution in [0.1, 0.15) is 44.0 Å². The molecule has 2 heterocycles. The third-order valence-corrected chi connectivity index (χ3v) is 6.88. The minimum Gasteiger partial charge on any atom is -0.487 e. The molecule has 0 radical (unpaired) electrons. The van der Waals surface area contributed by atoms with E-state index < -0.39 is 5.97 Å². The molecular formula is C30H30N4O3. The lowest BCUT2D eigenvalue weighted by Gasteiger charge is -2.14. The van der Waals surface area contributed by atoms with Crippen molar-refractivity contribution in [1.82, 2.24) is 14.8 Å². The number of aliphatic carboxylic acids is 1. The van der Waals surface area contributed by atoms with E-state index in [0.717, 1.165) is 51.3 Å². The highest BCUT2D eigenvalue weighted by Gasteiger charge is 2.18. The molecule has 0 saturated carbocycles. The molecule has 0 amide bonds. The van der Waals surface area contributed by atoms with Crippen LogP contribution in [-0.4, -0.2) is 25.8 Å². The van der Waals surface area contributed by atoms with Crippen LogP contribution in [-0.2, 0) is 17.8 Å². The Balaban J connectivity index is 1.57. The average molecular weight is 495 g/mol. The van der Waals surface area contributed by atoms with Crippen molar-refractivity contribution in [1.29, 1.82) is 0 Å². The summed E-state index contributed by atoms with van der Waals surface area (Å²) in [5, 5.41) is 17.2. The van der Waals surface area contributed by atoms with Gasteiger partial charge in [0.15, 0.2) is 0 Å². The molecule has 0 spiro atoms. The number of para-hydroxylation sites is 1. The third-order valence-electron chi connectivity index (χ3n) is 6.88. The fourth-order valence-electron chi connectivity index (χ4n) is 4.87. The third kappa shape index (κ3) is 4.85. The number of nitrogen functional groups attached to an aromatic ring is 1. The smallest absolute Gasteiger partial charge is 0.307 e. The second-order valence-corrected chi connectivity index (χ2v) is 9.19. The van der Waals surface area contributed by atoms with Gasteiger partial charge in [0.2, 0.25) is 0 Å². The summed E-state index contributed by atoms with van der Waals surface area (Å²) in [5.41, 5.74) is 10.7. The van der Waals surface area contributed by atoms with Crippen molar-refractivity contribution in [2.75, 3.05) is 5.73 Å². The van der Waals surface area contributed by atoms with Crippen LogP contribution in [0.2, 0.25) is 0 Å². The van der Waals surface area contributed by atoms with Crippen molar-refractivity contribution in [3.8, 4) is 16.9 Å². The number of rotatable bonds is 9. The van der Waals surface area contributed by atoms with E-state index in [0.29, 0.717) is 17.1 Å². The van der Waals surface area contributed by atoms with Crippen LogP contribution < -0.4 is 10.5 Å². The molecule has 0 bridgehead atoms. The van der Waals surface area contributed by atoms with Crippen LogP contribution >= 0.6 is 0 Å². The van der Waals surface area contributed by atoms with Gasteiger partial charge in [-0.15, -0.1) is 0 Å². The fourth-order valence-corrected chi connectivity index (χ4v) is 4.87. The van der Waals surface area contributed by atoms with Gasteiger partial charge in [0.25, 0.3) is 0 Å².